The van der Waals surface area contributed by atoms with Crippen LogP contribution in [0.3, 0.4) is 0 Å². The first-order chi connectivity index (χ1) is 10.1. The topological polar surface area (TPSA) is 73.6 Å². The molecule has 0 bridgehead atoms. The van der Waals surface area contributed by atoms with Crippen molar-refractivity contribution < 1.29 is 23.0 Å². The van der Waals surface area contributed by atoms with E-state index in [2.05, 4.69) is 10.1 Å². The van der Waals surface area contributed by atoms with E-state index in [1.165, 1.54) is 24.3 Å². The van der Waals surface area contributed by atoms with Gasteiger partial charge in [0.2, 0.25) is 5.91 Å². The molecule has 0 saturated carbocycles. The second-order valence-corrected chi connectivity index (χ2v) is 4.87. The van der Waals surface area contributed by atoms with Crippen molar-refractivity contribution in [3.8, 4) is 5.75 Å². The number of nitrogens with one attached hydrogen (secondary N) is 1. The number of carbonyl (C=O) groups excluding carboxylic acids is 1. The maximum absolute atomic E-state index is 12.0. The molecule has 1 unspecified atom stereocenters. The molecule has 3 N–H and O–H groups in total. The van der Waals surface area contributed by atoms with Crippen molar-refractivity contribution in [2.75, 3.05) is 18.5 Å². The fourth-order valence-corrected chi connectivity index (χ4v) is 2.23. The summed E-state index contributed by atoms with van der Waals surface area (Å²) in [6.07, 6.45) is 1.52. The third-order valence-corrected chi connectivity index (χ3v) is 3.42. The van der Waals surface area contributed by atoms with E-state index in [9.17, 15) is 13.6 Å². The van der Waals surface area contributed by atoms with Crippen LogP contribution in [0.1, 0.15) is 12.8 Å². The molecule has 1 atom stereocenters. The normalized spacial score (nSPS) is 16.7. The predicted molar refractivity (Wildman–Crippen MR) is 80.5 cm³/mol. The molecule has 8 heteroatoms. The van der Waals surface area contributed by atoms with Gasteiger partial charge in [-0.1, -0.05) is 0 Å². The van der Waals surface area contributed by atoms with Gasteiger partial charge in [0, 0.05) is 18.9 Å². The van der Waals surface area contributed by atoms with Gasteiger partial charge in [0.05, 0.1) is 6.04 Å². The average molecular weight is 337 g/mol. The van der Waals surface area contributed by atoms with Crippen molar-refractivity contribution in [1.29, 1.82) is 0 Å². The highest BCUT2D eigenvalue weighted by Gasteiger charge is 2.26. The lowest BCUT2D eigenvalue weighted by molar-refractivity contribution is -0.119. The van der Waals surface area contributed by atoms with E-state index in [1.54, 1.807) is 0 Å². The molecule has 1 aliphatic rings. The van der Waals surface area contributed by atoms with Crippen molar-refractivity contribution >= 4 is 24.0 Å². The molecule has 1 heterocycles. The molecule has 1 amide bonds. The molecule has 0 aromatic heterocycles. The van der Waals surface area contributed by atoms with E-state index in [4.69, 9.17) is 10.5 Å². The van der Waals surface area contributed by atoms with Gasteiger partial charge < -0.3 is 20.5 Å². The standard InChI is InChI=1S/C14H18F2N2O3.ClH/c15-14(16)21-11-3-1-10(2-4-11)18-13(19)12(17)9-5-7-20-8-6-9;/h1-4,9,12,14H,5-8,17H2,(H,18,19);1H. The first kappa shape index (κ1) is 18.6. The Labute approximate surface area is 133 Å². The summed E-state index contributed by atoms with van der Waals surface area (Å²) in [6.45, 7) is -1.64. The first-order valence-electron chi connectivity index (χ1n) is 6.75. The second-order valence-electron chi connectivity index (χ2n) is 4.87. The number of hydrogen-bond donors (Lipinski definition) is 2. The summed E-state index contributed by atoms with van der Waals surface area (Å²) in [5, 5.41) is 2.67. The van der Waals surface area contributed by atoms with Crippen LogP contribution in [0.15, 0.2) is 24.3 Å². The number of halogens is 3. The SMILES string of the molecule is Cl.NC(C(=O)Nc1ccc(OC(F)F)cc1)C1CCOCC1. The zero-order valence-corrected chi connectivity index (χ0v) is 12.7. The van der Waals surface area contributed by atoms with Gasteiger partial charge in [0.15, 0.2) is 0 Å². The number of hydrogen-bond acceptors (Lipinski definition) is 4. The molecule has 1 aliphatic heterocycles. The Bertz CT molecular complexity index is 468. The smallest absolute Gasteiger partial charge is 0.387 e. The zero-order valence-electron chi connectivity index (χ0n) is 11.8. The van der Waals surface area contributed by atoms with Crippen LogP contribution in [0, 0.1) is 5.92 Å². The summed E-state index contributed by atoms with van der Waals surface area (Å²) in [5.74, 6) is -0.152. The summed E-state index contributed by atoms with van der Waals surface area (Å²) in [6, 6.07) is 5.10. The summed E-state index contributed by atoms with van der Waals surface area (Å²) < 4.78 is 33.5. The van der Waals surface area contributed by atoms with E-state index in [0.717, 1.165) is 12.8 Å². The lowest BCUT2D eigenvalue weighted by Gasteiger charge is -2.26. The highest BCUT2D eigenvalue weighted by Crippen LogP contribution is 2.20. The van der Waals surface area contributed by atoms with E-state index < -0.39 is 12.7 Å². The third kappa shape index (κ3) is 5.40. The number of ether oxygens (including phenoxy) is 2. The molecule has 1 fully saturated rings. The highest BCUT2D eigenvalue weighted by molar-refractivity contribution is 5.94. The molecular formula is C14H19ClF2N2O3. The van der Waals surface area contributed by atoms with Crippen LogP contribution in [0.5, 0.6) is 5.75 Å². The summed E-state index contributed by atoms with van der Waals surface area (Å²) in [4.78, 5) is 12.0. The van der Waals surface area contributed by atoms with Crippen LogP contribution in [-0.4, -0.2) is 31.8 Å². The Morgan fingerprint density at radius 2 is 1.86 bits per heavy atom. The van der Waals surface area contributed by atoms with Gasteiger partial charge >= 0.3 is 6.61 Å². The fourth-order valence-electron chi connectivity index (χ4n) is 2.23. The Morgan fingerprint density at radius 3 is 2.41 bits per heavy atom. The number of amides is 1. The number of nitrogens with two attached hydrogens (primary N) is 1. The molecule has 0 spiro atoms. The van der Waals surface area contributed by atoms with Crippen LogP contribution in [0.4, 0.5) is 14.5 Å². The van der Waals surface area contributed by atoms with Gasteiger partial charge in [0.1, 0.15) is 5.75 Å². The number of carbonyl (C=O) groups is 1. The Morgan fingerprint density at radius 1 is 1.27 bits per heavy atom. The fraction of sp³-hybridized carbons (Fsp3) is 0.500. The molecule has 124 valence electrons. The number of rotatable bonds is 5. The highest BCUT2D eigenvalue weighted by atomic mass is 35.5. The molecular weight excluding hydrogens is 318 g/mol. The van der Waals surface area contributed by atoms with Gasteiger partial charge in [-0.25, -0.2) is 0 Å². The summed E-state index contributed by atoms with van der Waals surface area (Å²) in [7, 11) is 0. The lowest BCUT2D eigenvalue weighted by Crippen LogP contribution is -2.43. The Hall–Kier alpha value is -1.44. The van der Waals surface area contributed by atoms with Crippen LogP contribution in [0.25, 0.3) is 0 Å². The molecule has 22 heavy (non-hydrogen) atoms. The summed E-state index contributed by atoms with van der Waals surface area (Å²) in [5.41, 5.74) is 6.43. The maximum Gasteiger partial charge on any atom is 0.387 e. The zero-order chi connectivity index (χ0) is 15.2. The molecule has 1 aromatic carbocycles. The van der Waals surface area contributed by atoms with Gasteiger partial charge in [-0.2, -0.15) is 8.78 Å². The van der Waals surface area contributed by atoms with Crippen molar-refractivity contribution in [2.45, 2.75) is 25.5 Å². The summed E-state index contributed by atoms with van der Waals surface area (Å²) >= 11 is 0. The van der Waals surface area contributed by atoms with Gasteiger partial charge in [-0.3, -0.25) is 4.79 Å². The molecule has 2 rings (SSSR count). The average Bonchev–Trinajstić information content (AvgIpc) is 2.49. The van der Waals surface area contributed by atoms with E-state index in [0.29, 0.717) is 18.9 Å². The van der Waals surface area contributed by atoms with Crippen molar-refractivity contribution in [3.63, 3.8) is 0 Å². The number of benzene rings is 1. The van der Waals surface area contributed by atoms with E-state index >= 15 is 0 Å². The minimum Gasteiger partial charge on any atom is -0.435 e. The quantitative estimate of drug-likeness (QED) is 0.866. The minimum absolute atomic E-state index is 0. The van der Waals surface area contributed by atoms with Crippen molar-refractivity contribution in [2.24, 2.45) is 11.7 Å². The first-order valence-corrected chi connectivity index (χ1v) is 6.75. The maximum atomic E-state index is 12.0. The van der Waals surface area contributed by atoms with E-state index in [-0.39, 0.29) is 30.0 Å². The van der Waals surface area contributed by atoms with Crippen LogP contribution < -0.4 is 15.8 Å². The Balaban J connectivity index is 0.00000242. The van der Waals surface area contributed by atoms with Crippen LogP contribution >= 0.6 is 12.4 Å². The monoisotopic (exact) mass is 336 g/mol. The molecule has 0 aliphatic carbocycles. The van der Waals surface area contributed by atoms with Crippen molar-refractivity contribution in [3.05, 3.63) is 24.3 Å². The van der Waals surface area contributed by atoms with E-state index in [1.807, 2.05) is 0 Å². The molecule has 5 nitrogen and oxygen atoms in total. The van der Waals surface area contributed by atoms with Crippen molar-refractivity contribution in [1.82, 2.24) is 0 Å². The van der Waals surface area contributed by atoms with Gasteiger partial charge in [-0.05, 0) is 43.0 Å². The Kier molecular flexibility index (Phi) is 7.50. The molecule has 1 aromatic rings. The second kappa shape index (κ2) is 8.87. The van der Waals surface area contributed by atoms with Crippen LogP contribution in [0.2, 0.25) is 0 Å². The van der Waals surface area contributed by atoms with Gasteiger partial charge in [-0.15, -0.1) is 12.4 Å². The molecule has 0 radical (unpaired) electrons. The number of alkyl halides is 2. The minimum atomic E-state index is -2.87. The number of anilines is 1. The van der Waals surface area contributed by atoms with Gasteiger partial charge in [0.25, 0.3) is 0 Å². The third-order valence-electron chi connectivity index (χ3n) is 3.42. The van der Waals surface area contributed by atoms with Crippen LogP contribution in [-0.2, 0) is 9.53 Å². The largest absolute Gasteiger partial charge is 0.435 e. The molecule has 1 saturated heterocycles. The predicted octanol–water partition coefficient (Wildman–Crippen LogP) is 2.40. The lowest BCUT2D eigenvalue weighted by atomic mass is 9.92.